The van der Waals surface area contributed by atoms with Crippen molar-refractivity contribution >= 4 is 0 Å². The molecule has 2 heteroatoms. The Kier molecular flexibility index (Phi) is 4.51. The van der Waals surface area contributed by atoms with E-state index in [0.717, 1.165) is 5.56 Å². The summed E-state index contributed by atoms with van der Waals surface area (Å²) in [6, 6.07) is 9.68. The fraction of sp³-hybridized carbons (Fsp3) is 0.571. The van der Waals surface area contributed by atoms with Crippen molar-refractivity contribution in [2.24, 2.45) is 5.41 Å². The van der Waals surface area contributed by atoms with Crippen LogP contribution in [0.1, 0.15) is 39.4 Å². The molecule has 0 aliphatic heterocycles. The normalized spacial score (nSPS) is 15.8. The van der Waals surface area contributed by atoms with Gasteiger partial charge in [-0.05, 0) is 17.9 Å². The van der Waals surface area contributed by atoms with Gasteiger partial charge in [-0.2, -0.15) is 0 Å². The van der Waals surface area contributed by atoms with Gasteiger partial charge in [0.15, 0.2) is 0 Å². The van der Waals surface area contributed by atoms with E-state index in [-0.39, 0.29) is 11.5 Å². The zero-order valence-corrected chi connectivity index (χ0v) is 10.6. The monoisotopic (exact) mass is 222 g/mol. The van der Waals surface area contributed by atoms with Gasteiger partial charge in [0.25, 0.3) is 0 Å². The molecular formula is C14H22O2. The van der Waals surface area contributed by atoms with Crippen LogP contribution in [-0.4, -0.2) is 17.8 Å². The molecule has 0 fully saturated rings. The van der Waals surface area contributed by atoms with Crippen LogP contribution in [-0.2, 0) is 4.74 Å². The predicted octanol–water partition coefficient (Wildman–Crippen LogP) is 3.17. The third-order valence-electron chi connectivity index (χ3n) is 2.63. The standard InChI is InChI=1S/C14H22O2/c1-5-16-13(14(2,3)4)12(15)11-9-7-6-8-10-11/h6-10,12-13,15H,5H2,1-4H3. The lowest BCUT2D eigenvalue weighted by Gasteiger charge is -2.34. The topological polar surface area (TPSA) is 29.5 Å². The molecule has 0 aliphatic carbocycles. The van der Waals surface area contributed by atoms with E-state index in [1.807, 2.05) is 37.3 Å². The number of aliphatic hydroxyl groups is 1. The predicted molar refractivity (Wildman–Crippen MR) is 66.3 cm³/mol. The summed E-state index contributed by atoms with van der Waals surface area (Å²) in [5, 5.41) is 10.3. The van der Waals surface area contributed by atoms with E-state index in [2.05, 4.69) is 20.8 Å². The van der Waals surface area contributed by atoms with Crippen molar-refractivity contribution in [2.75, 3.05) is 6.61 Å². The van der Waals surface area contributed by atoms with Crippen LogP contribution in [0.3, 0.4) is 0 Å². The fourth-order valence-corrected chi connectivity index (χ4v) is 1.82. The van der Waals surface area contributed by atoms with Gasteiger partial charge in [0.2, 0.25) is 0 Å². The van der Waals surface area contributed by atoms with E-state index in [1.54, 1.807) is 0 Å². The van der Waals surface area contributed by atoms with Crippen molar-refractivity contribution in [1.29, 1.82) is 0 Å². The minimum atomic E-state index is -0.568. The van der Waals surface area contributed by atoms with E-state index in [1.165, 1.54) is 0 Å². The molecule has 0 radical (unpaired) electrons. The highest BCUT2D eigenvalue weighted by atomic mass is 16.5. The summed E-state index contributed by atoms with van der Waals surface area (Å²) in [5.74, 6) is 0. The first kappa shape index (κ1) is 13.2. The molecule has 2 nitrogen and oxygen atoms in total. The third-order valence-corrected chi connectivity index (χ3v) is 2.63. The lowest BCUT2D eigenvalue weighted by atomic mass is 9.83. The molecule has 0 saturated heterocycles. The number of aliphatic hydroxyl groups excluding tert-OH is 1. The van der Waals surface area contributed by atoms with Crippen LogP contribution in [0.15, 0.2) is 30.3 Å². The quantitative estimate of drug-likeness (QED) is 0.848. The zero-order valence-electron chi connectivity index (χ0n) is 10.6. The van der Waals surface area contributed by atoms with E-state index in [4.69, 9.17) is 4.74 Å². The third kappa shape index (κ3) is 3.32. The lowest BCUT2D eigenvalue weighted by molar-refractivity contribution is -0.0898. The zero-order chi connectivity index (χ0) is 12.2. The number of hydrogen-bond acceptors (Lipinski definition) is 2. The summed E-state index contributed by atoms with van der Waals surface area (Å²) in [5.41, 5.74) is 0.835. The Morgan fingerprint density at radius 3 is 2.19 bits per heavy atom. The molecule has 0 aliphatic rings. The first-order chi connectivity index (χ1) is 7.46. The average Bonchev–Trinajstić information content (AvgIpc) is 2.25. The van der Waals surface area contributed by atoms with Crippen molar-refractivity contribution < 1.29 is 9.84 Å². The maximum absolute atomic E-state index is 10.3. The SMILES string of the molecule is CCOC(C(O)c1ccccc1)C(C)(C)C. The molecular weight excluding hydrogens is 200 g/mol. The maximum Gasteiger partial charge on any atom is 0.106 e. The Hall–Kier alpha value is -0.860. The smallest absolute Gasteiger partial charge is 0.106 e. The first-order valence-corrected chi connectivity index (χ1v) is 5.81. The number of rotatable bonds is 4. The summed E-state index contributed by atoms with van der Waals surface area (Å²) in [6.45, 7) is 8.82. The average molecular weight is 222 g/mol. The second-order valence-electron chi connectivity index (χ2n) is 5.10. The summed E-state index contributed by atoms with van der Waals surface area (Å²) in [7, 11) is 0. The Morgan fingerprint density at radius 1 is 1.19 bits per heavy atom. The molecule has 90 valence electrons. The summed E-state index contributed by atoms with van der Waals surface area (Å²) in [6.07, 6.45) is -0.749. The number of hydrogen-bond donors (Lipinski definition) is 1. The highest BCUT2D eigenvalue weighted by Crippen LogP contribution is 2.32. The molecule has 0 saturated carbocycles. The Labute approximate surface area is 98.3 Å². The van der Waals surface area contributed by atoms with Crippen molar-refractivity contribution in [3.8, 4) is 0 Å². The largest absolute Gasteiger partial charge is 0.386 e. The second-order valence-corrected chi connectivity index (χ2v) is 5.10. The summed E-state index contributed by atoms with van der Waals surface area (Å²) in [4.78, 5) is 0. The minimum Gasteiger partial charge on any atom is -0.386 e. The Morgan fingerprint density at radius 2 is 1.75 bits per heavy atom. The number of ether oxygens (including phenoxy) is 1. The molecule has 2 unspecified atom stereocenters. The van der Waals surface area contributed by atoms with Crippen LogP contribution in [0.25, 0.3) is 0 Å². The van der Waals surface area contributed by atoms with E-state index in [9.17, 15) is 5.11 Å². The minimum absolute atomic E-state index is 0.0781. The van der Waals surface area contributed by atoms with Crippen molar-refractivity contribution in [3.05, 3.63) is 35.9 Å². The molecule has 0 heterocycles. The molecule has 16 heavy (non-hydrogen) atoms. The first-order valence-electron chi connectivity index (χ1n) is 5.81. The Balaban J connectivity index is 2.87. The fourth-order valence-electron chi connectivity index (χ4n) is 1.82. The molecule has 2 atom stereocenters. The molecule has 1 rings (SSSR count). The van der Waals surface area contributed by atoms with E-state index in [0.29, 0.717) is 6.61 Å². The van der Waals surface area contributed by atoms with Crippen LogP contribution >= 0.6 is 0 Å². The van der Waals surface area contributed by atoms with E-state index >= 15 is 0 Å². The van der Waals surface area contributed by atoms with Gasteiger partial charge >= 0.3 is 0 Å². The van der Waals surface area contributed by atoms with E-state index < -0.39 is 6.10 Å². The highest BCUT2D eigenvalue weighted by Gasteiger charge is 2.32. The van der Waals surface area contributed by atoms with Crippen LogP contribution in [0.2, 0.25) is 0 Å². The number of benzene rings is 1. The summed E-state index contributed by atoms with van der Waals surface area (Å²) >= 11 is 0. The molecule has 1 aromatic carbocycles. The van der Waals surface area contributed by atoms with Gasteiger partial charge in [-0.25, -0.2) is 0 Å². The molecule has 0 amide bonds. The molecule has 0 bridgehead atoms. The van der Waals surface area contributed by atoms with Crippen LogP contribution in [0, 0.1) is 5.41 Å². The molecule has 1 N–H and O–H groups in total. The van der Waals surface area contributed by atoms with Crippen molar-refractivity contribution in [3.63, 3.8) is 0 Å². The van der Waals surface area contributed by atoms with Crippen LogP contribution in [0.4, 0.5) is 0 Å². The van der Waals surface area contributed by atoms with Gasteiger partial charge in [-0.15, -0.1) is 0 Å². The van der Waals surface area contributed by atoms with Crippen LogP contribution in [0.5, 0.6) is 0 Å². The Bertz CT molecular complexity index is 300. The van der Waals surface area contributed by atoms with Crippen molar-refractivity contribution in [1.82, 2.24) is 0 Å². The van der Waals surface area contributed by atoms with Gasteiger partial charge < -0.3 is 9.84 Å². The highest BCUT2D eigenvalue weighted by molar-refractivity contribution is 5.19. The lowest BCUT2D eigenvalue weighted by Crippen LogP contribution is -2.35. The maximum atomic E-state index is 10.3. The van der Waals surface area contributed by atoms with Gasteiger partial charge in [-0.3, -0.25) is 0 Å². The summed E-state index contributed by atoms with van der Waals surface area (Å²) < 4.78 is 5.67. The van der Waals surface area contributed by atoms with Crippen LogP contribution < -0.4 is 0 Å². The molecule has 0 spiro atoms. The van der Waals surface area contributed by atoms with Gasteiger partial charge in [-0.1, -0.05) is 51.1 Å². The van der Waals surface area contributed by atoms with Gasteiger partial charge in [0.05, 0.1) is 6.10 Å². The molecule has 1 aromatic rings. The second kappa shape index (κ2) is 5.46. The molecule has 0 aromatic heterocycles. The van der Waals surface area contributed by atoms with Gasteiger partial charge in [0.1, 0.15) is 6.10 Å². The van der Waals surface area contributed by atoms with Gasteiger partial charge in [0, 0.05) is 6.61 Å². The van der Waals surface area contributed by atoms with Crippen molar-refractivity contribution in [2.45, 2.75) is 39.9 Å².